The van der Waals surface area contributed by atoms with Gasteiger partial charge in [-0.15, -0.1) is 11.6 Å². The number of halogens is 2. The highest BCUT2D eigenvalue weighted by Gasteiger charge is 2.26. The van der Waals surface area contributed by atoms with E-state index in [0.717, 1.165) is 19.1 Å². The van der Waals surface area contributed by atoms with Gasteiger partial charge >= 0.3 is 0 Å². The van der Waals surface area contributed by atoms with Gasteiger partial charge in [0.1, 0.15) is 0 Å². The van der Waals surface area contributed by atoms with E-state index >= 15 is 0 Å². The molecule has 0 aromatic heterocycles. The van der Waals surface area contributed by atoms with E-state index < -0.39 is 0 Å². The zero-order valence-corrected chi connectivity index (χ0v) is 14.2. The quantitative estimate of drug-likeness (QED) is 0.746. The Balaban J connectivity index is 1.62. The molecule has 0 N–H and O–H groups in total. The molecule has 1 saturated heterocycles. The SMILES string of the molecule is ClCc1ccc(N2CCN(C3CCCC3)CC2)c(Br)c1. The van der Waals surface area contributed by atoms with Gasteiger partial charge in [0.05, 0.1) is 5.69 Å². The zero-order chi connectivity index (χ0) is 13.9. The molecule has 2 fully saturated rings. The van der Waals surface area contributed by atoms with Crippen LogP contribution in [0, 0.1) is 0 Å². The zero-order valence-electron chi connectivity index (χ0n) is 11.8. The standard InChI is InChI=1S/C16H22BrClN2/c17-15-11-13(12-18)5-6-16(15)20-9-7-19(8-10-20)14-3-1-2-4-14/h5-6,11,14H,1-4,7-10,12H2. The van der Waals surface area contributed by atoms with E-state index in [-0.39, 0.29) is 0 Å². The van der Waals surface area contributed by atoms with Crippen molar-refractivity contribution in [2.24, 2.45) is 0 Å². The lowest BCUT2D eigenvalue weighted by Crippen LogP contribution is -2.49. The fourth-order valence-electron chi connectivity index (χ4n) is 3.49. The van der Waals surface area contributed by atoms with Crippen LogP contribution in [0.3, 0.4) is 0 Å². The van der Waals surface area contributed by atoms with Gasteiger partial charge < -0.3 is 4.90 Å². The van der Waals surface area contributed by atoms with Crippen LogP contribution in [-0.2, 0) is 5.88 Å². The van der Waals surface area contributed by atoms with Gasteiger partial charge in [0.25, 0.3) is 0 Å². The Labute approximate surface area is 135 Å². The van der Waals surface area contributed by atoms with E-state index in [1.54, 1.807) is 0 Å². The van der Waals surface area contributed by atoms with Gasteiger partial charge in [-0.3, -0.25) is 4.90 Å². The number of nitrogens with zero attached hydrogens (tertiary/aromatic N) is 2. The number of hydrogen-bond acceptors (Lipinski definition) is 2. The second kappa shape index (κ2) is 6.67. The first kappa shape index (κ1) is 14.7. The monoisotopic (exact) mass is 356 g/mol. The Morgan fingerprint density at radius 1 is 1.10 bits per heavy atom. The minimum absolute atomic E-state index is 0.578. The van der Waals surface area contributed by atoms with Gasteiger partial charge in [-0.05, 0) is 46.5 Å². The summed E-state index contributed by atoms with van der Waals surface area (Å²) in [5, 5.41) is 0. The smallest absolute Gasteiger partial charge is 0.0511 e. The lowest BCUT2D eigenvalue weighted by Gasteiger charge is -2.39. The lowest BCUT2D eigenvalue weighted by atomic mass is 10.1. The normalized spacial score (nSPS) is 21.6. The molecule has 110 valence electrons. The molecular formula is C16H22BrClN2. The van der Waals surface area contributed by atoms with Crippen molar-refractivity contribution < 1.29 is 0 Å². The topological polar surface area (TPSA) is 6.48 Å². The van der Waals surface area contributed by atoms with Crippen molar-refractivity contribution in [1.82, 2.24) is 4.90 Å². The van der Waals surface area contributed by atoms with Gasteiger partial charge in [0.15, 0.2) is 0 Å². The Morgan fingerprint density at radius 2 is 1.80 bits per heavy atom. The van der Waals surface area contributed by atoms with Gasteiger partial charge in [-0.1, -0.05) is 18.9 Å². The van der Waals surface area contributed by atoms with Crippen molar-refractivity contribution in [1.29, 1.82) is 0 Å². The summed E-state index contributed by atoms with van der Waals surface area (Å²) in [6.07, 6.45) is 5.68. The predicted octanol–water partition coefficient (Wildman–Crippen LogP) is 4.25. The third-order valence-corrected chi connectivity index (χ3v) is 5.61. The number of alkyl halides is 1. The number of anilines is 1. The first-order valence-corrected chi connectivity index (χ1v) is 8.94. The molecule has 0 amide bonds. The first-order valence-electron chi connectivity index (χ1n) is 7.61. The van der Waals surface area contributed by atoms with E-state index in [0.29, 0.717) is 5.88 Å². The summed E-state index contributed by atoms with van der Waals surface area (Å²) in [5.74, 6) is 0.578. The number of hydrogen-bond donors (Lipinski definition) is 0. The summed E-state index contributed by atoms with van der Waals surface area (Å²) in [7, 11) is 0. The van der Waals surface area contributed by atoms with Gasteiger partial charge in [0.2, 0.25) is 0 Å². The maximum absolute atomic E-state index is 5.89. The Bertz CT molecular complexity index is 452. The number of piperazine rings is 1. The molecule has 1 aliphatic carbocycles. The molecule has 1 aromatic rings. The molecule has 4 heteroatoms. The molecule has 3 rings (SSSR count). The molecule has 0 spiro atoms. The van der Waals surface area contributed by atoms with E-state index in [9.17, 15) is 0 Å². The second-order valence-corrected chi connectivity index (χ2v) is 7.00. The third-order valence-electron chi connectivity index (χ3n) is 4.66. The van der Waals surface area contributed by atoms with Gasteiger partial charge in [0, 0.05) is 42.6 Å². The fraction of sp³-hybridized carbons (Fsp3) is 0.625. The van der Waals surface area contributed by atoms with E-state index in [2.05, 4.69) is 43.9 Å². The average molecular weight is 358 g/mol. The molecule has 0 atom stereocenters. The minimum Gasteiger partial charge on any atom is -0.368 e. The molecule has 1 saturated carbocycles. The van der Waals surface area contributed by atoms with Crippen LogP contribution in [0.25, 0.3) is 0 Å². The molecule has 2 aliphatic rings. The highest BCUT2D eigenvalue weighted by molar-refractivity contribution is 9.10. The van der Waals surface area contributed by atoms with Crippen molar-refractivity contribution in [3.05, 3.63) is 28.2 Å². The molecular weight excluding hydrogens is 336 g/mol. The summed E-state index contributed by atoms with van der Waals surface area (Å²) >= 11 is 9.58. The summed E-state index contributed by atoms with van der Waals surface area (Å²) in [5.41, 5.74) is 2.48. The maximum Gasteiger partial charge on any atom is 0.0511 e. The van der Waals surface area contributed by atoms with Crippen LogP contribution in [0.5, 0.6) is 0 Å². The summed E-state index contributed by atoms with van der Waals surface area (Å²) in [6, 6.07) is 7.34. The van der Waals surface area contributed by atoms with Crippen LogP contribution in [0.4, 0.5) is 5.69 Å². The first-order chi connectivity index (χ1) is 9.78. The highest BCUT2D eigenvalue weighted by Crippen LogP contribution is 2.30. The predicted molar refractivity (Wildman–Crippen MR) is 89.7 cm³/mol. The maximum atomic E-state index is 5.89. The van der Waals surface area contributed by atoms with Crippen LogP contribution in [-0.4, -0.2) is 37.1 Å². The third kappa shape index (κ3) is 3.15. The van der Waals surface area contributed by atoms with Crippen LogP contribution < -0.4 is 4.90 Å². The molecule has 20 heavy (non-hydrogen) atoms. The molecule has 2 nitrogen and oxygen atoms in total. The lowest BCUT2D eigenvalue weighted by molar-refractivity contribution is 0.187. The number of benzene rings is 1. The highest BCUT2D eigenvalue weighted by atomic mass is 79.9. The summed E-state index contributed by atoms with van der Waals surface area (Å²) in [6.45, 7) is 4.67. The molecule has 0 unspecified atom stereocenters. The van der Waals surface area contributed by atoms with E-state index in [1.165, 1.54) is 54.5 Å². The Kier molecular flexibility index (Phi) is 4.90. The molecule has 1 aromatic carbocycles. The van der Waals surface area contributed by atoms with Gasteiger partial charge in [-0.25, -0.2) is 0 Å². The minimum atomic E-state index is 0.578. The molecule has 1 heterocycles. The van der Waals surface area contributed by atoms with Crippen molar-refractivity contribution in [2.45, 2.75) is 37.6 Å². The second-order valence-electron chi connectivity index (χ2n) is 5.88. The van der Waals surface area contributed by atoms with Crippen LogP contribution in [0.2, 0.25) is 0 Å². The van der Waals surface area contributed by atoms with E-state index in [1.807, 2.05) is 0 Å². The Hall–Kier alpha value is -0.250. The van der Waals surface area contributed by atoms with Crippen molar-refractivity contribution in [3.63, 3.8) is 0 Å². The molecule has 0 radical (unpaired) electrons. The van der Waals surface area contributed by atoms with Crippen molar-refractivity contribution >= 4 is 33.2 Å². The average Bonchev–Trinajstić information content (AvgIpc) is 3.01. The summed E-state index contributed by atoms with van der Waals surface area (Å²) in [4.78, 5) is 5.19. The summed E-state index contributed by atoms with van der Waals surface area (Å²) < 4.78 is 1.17. The van der Waals surface area contributed by atoms with Crippen LogP contribution in [0.1, 0.15) is 31.2 Å². The van der Waals surface area contributed by atoms with E-state index in [4.69, 9.17) is 11.6 Å². The largest absolute Gasteiger partial charge is 0.368 e. The van der Waals surface area contributed by atoms with Crippen LogP contribution in [0.15, 0.2) is 22.7 Å². The van der Waals surface area contributed by atoms with Gasteiger partial charge in [-0.2, -0.15) is 0 Å². The molecule has 0 bridgehead atoms. The number of rotatable bonds is 3. The fourth-order valence-corrected chi connectivity index (χ4v) is 4.33. The molecule has 1 aliphatic heterocycles. The van der Waals surface area contributed by atoms with Crippen LogP contribution >= 0.6 is 27.5 Å². The Morgan fingerprint density at radius 3 is 2.40 bits per heavy atom. The van der Waals surface area contributed by atoms with Crippen molar-refractivity contribution in [2.75, 3.05) is 31.1 Å². The van der Waals surface area contributed by atoms with Crippen molar-refractivity contribution in [3.8, 4) is 0 Å².